The minimum absolute atomic E-state index is 0.0911. The second-order valence-corrected chi connectivity index (χ2v) is 9.42. The van der Waals surface area contributed by atoms with Crippen molar-refractivity contribution in [2.75, 3.05) is 40.3 Å². The molecule has 9 heteroatoms. The number of ether oxygens (including phenoxy) is 1. The summed E-state index contributed by atoms with van der Waals surface area (Å²) in [6.45, 7) is 8.17. The smallest absolute Gasteiger partial charge is 0.392 e. The predicted molar refractivity (Wildman–Crippen MR) is 125 cm³/mol. The van der Waals surface area contributed by atoms with Gasteiger partial charge in [0.1, 0.15) is 18.5 Å². The first-order valence-corrected chi connectivity index (χ1v) is 11.6. The van der Waals surface area contributed by atoms with Crippen molar-refractivity contribution in [2.45, 2.75) is 51.7 Å². The van der Waals surface area contributed by atoms with Crippen LogP contribution < -0.4 is 4.74 Å². The van der Waals surface area contributed by atoms with Gasteiger partial charge in [-0.05, 0) is 42.9 Å². The first kappa shape index (κ1) is 23.2. The summed E-state index contributed by atoms with van der Waals surface area (Å²) in [5, 5.41) is 10.9. The highest BCUT2D eigenvalue weighted by atomic mass is 16.5. The molecule has 3 heterocycles. The molecule has 3 aliphatic rings. The largest absolute Gasteiger partial charge is 0.490 e. The van der Waals surface area contributed by atoms with Gasteiger partial charge in [-0.1, -0.05) is 31.0 Å². The Bertz CT molecular complexity index is 1010. The number of rotatable bonds is 6. The molecule has 2 atom stereocenters. The highest BCUT2D eigenvalue weighted by molar-refractivity contribution is 6.25. The average Bonchev–Trinajstić information content (AvgIpc) is 3.43. The molecule has 0 saturated carbocycles. The van der Waals surface area contributed by atoms with Crippen molar-refractivity contribution in [3.05, 3.63) is 29.3 Å². The first-order valence-electron chi connectivity index (χ1n) is 11.6. The van der Waals surface area contributed by atoms with Crippen molar-refractivity contribution in [1.29, 1.82) is 0 Å². The summed E-state index contributed by atoms with van der Waals surface area (Å²) in [4.78, 5) is 34.6. The number of urea groups is 1. The molecule has 4 rings (SSSR count). The number of likely N-dealkylation sites (N-methyl/N-ethyl adjacent to an activating group) is 2. The molecule has 3 aliphatic heterocycles. The molecule has 0 aromatic heterocycles. The molecule has 9 nitrogen and oxygen atoms in total. The van der Waals surface area contributed by atoms with E-state index in [0.717, 1.165) is 47.7 Å². The number of carbonyl (C=O) groups is 2. The van der Waals surface area contributed by atoms with Gasteiger partial charge in [0.05, 0.1) is 19.6 Å². The Labute approximate surface area is 194 Å². The fraction of sp³-hybridized carbons (Fsp3) is 0.583. The number of aliphatic hydroxyl groups excluding tert-OH is 1. The van der Waals surface area contributed by atoms with Gasteiger partial charge in [0, 0.05) is 14.1 Å². The Kier molecular flexibility index (Phi) is 6.43. The van der Waals surface area contributed by atoms with Gasteiger partial charge in [0.15, 0.2) is 0 Å². The maximum absolute atomic E-state index is 13.1. The monoisotopic (exact) mass is 456 g/mol. The van der Waals surface area contributed by atoms with Gasteiger partial charge in [-0.2, -0.15) is 0 Å². The van der Waals surface area contributed by atoms with E-state index < -0.39 is 18.2 Å². The zero-order chi connectivity index (χ0) is 23.9. The minimum Gasteiger partial charge on any atom is -0.490 e. The molecule has 3 amide bonds. The maximum atomic E-state index is 13.1. The second kappa shape index (κ2) is 9.13. The number of amides is 3. The van der Waals surface area contributed by atoms with Crippen molar-refractivity contribution in [2.24, 2.45) is 4.99 Å². The topological polar surface area (TPSA) is 88.7 Å². The van der Waals surface area contributed by atoms with E-state index in [-0.39, 0.29) is 19.1 Å². The van der Waals surface area contributed by atoms with Crippen LogP contribution in [-0.2, 0) is 4.79 Å². The summed E-state index contributed by atoms with van der Waals surface area (Å²) in [5.74, 6) is 1.79. The minimum atomic E-state index is -0.848. The number of hydrogen-bond donors (Lipinski definition) is 1. The highest BCUT2D eigenvalue weighted by Crippen LogP contribution is 2.28. The van der Waals surface area contributed by atoms with Gasteiger partial charge < -0.3 is 9.84 Å². The maximum Gasteiger partial charge on any atom is 0.392 e. The molecule has 2 fully saturated rings. The van der Waals surface area contributed by atoms with E-state index in [9.17, 15) is 14.7 Å². The third-order valence-electron chi connectivity index (χ3n) is 6.53. The van der Waals surface area contributed by atoms with Gasteiger partial charge in [-0.15, -0.1) is 0 Å². The molecule has 1 aromatic carbocycles. The van der Waals surface area contributed by atoms with Crippen LogP contribution in [0.4, 0.5) is 4.79 Å². The van der Waals surface area contributed by atoms with E-state index in [1.165, 1.54) is 11.9 Å². The van der Waals surface area contributed by atoms with Crippen molar-refractivity contribution in [3.63, 3.8) is 0 Å². The Morgan fingerprint density at radius 3 is 2.55 bits per heavy atom. The van der Waals surface area contributed by atoms with E-state index >= 15 is 0 Å². The molecule has 178 valence electrons. The van der Waals surface area contributed by atoms with Gasteiger partial charge in [0.25, 0.3) is 5.91 Å². The number of imide groups is 1. The predicted octanol–water partition coefficient (Wildman–Crippen LogP) is 1.63. The van der Waals surface area contributed by atoms with Crippen molar-refractivity contribution < 1.29 is 24.0 Å². The summed E-state index contributed by atoms with van der Waals surface area (Å²) >= 11 is 0. The van der Waals surface area contributed by atoms with Crippen molar-refractivity contribution >= 4 is 23.7 Å². The molecular formula is C24H34N5O4+. The van der Waals surface area contributed by atoms with Crippen LogP contribution in [0.25, 0.3) is 0 Å². The fourth-order valence-corrected chi connectivity index (χ4v) is 4.65. The molecule has 2 unspecified atom stereocenters. The Morgan fingerprint density at radius 1 is 1.18 bits per heavy atom. The van der Waals surface area contributed by atoms with Gasteiger partial charge in [0.2, 0.25) is 11.9 Å². The van der Waals surface area contributed by atoms with Crippen LogP contribution in [0.15, 0.2) is 23.2 Å². The number of amidine groups is 1. The average molecular weight is 457 g/mol. The van der Waals surface area contributed by atoms with Crippen LogP contribution in [0.1, 0.15) is 43.7 Å². The van der Waals surface area contributed by atoms with Crippen molar-refractivity contribution in [3.8, 4) is 5.75 Å². The summed E-state index contributed by atoms with van der Waals surface area (Å²) in [5.41, 5.74) is 2.18. The summed E-state index contributed by atoms with van der Waals surface area (Å²) < 4.78 is 8.16. The Hall–Kier alpha value is -2.94. The van der Waals surface area contributed by atoms with E-state index in [4.69, 9.17) is 9.73 Å². The number of fused-ring (bicyclic) bond motifs is 1. The molecule has 0 bridgehead atoms. The van der Waals surface area contributed by atoms with Crippen LogP contribution in [0.2, 0.25) is 0 Å². The van der Waals surface area contributed by atoms with E-state index in [1.54, 1.807) is 7.05 Å². The standard InChI is InChI=1S/C24H34N5O4/c1-15(2)18-9-8-16(3)12-19(18)33-14-17(30)13-29-20-21(25-23(29)28-10-6-7-11-28)26(4)24(32)27(5)22(20)31/h8-9,12,15,17,20,30H,6-7,10-11,13-14H2,1-5H3/q+1. The summed E-state index contributed by atoms with van der Waals surface area (Å²) in [6.07, 6.45) is 1.25. The zero-order valence-corrected chi connectivity index (χ0v) is 20.1. The van der Waals surface area contributed by atoms with Crippen molar-refractivity contribution in [1.82, 2.24) is 14.7 Å². The van der Waals surface area contributed by atoms with Gasteiger partial charge in [-0.3, -0.25) is 19.2 Å². The lowest BCUT2D eigenvalue weighted by atomic mass is 10.0. The molecule has 0 radical (unpaired) electrons. The van der Waals surface area contributed by atoms with Crippen LogP contribution in [0.3, 0.4) is 0 Å². The highest BCUT2D eigenvalue weighted by Gasteiger charge is 2.55. The summed E-state index contributed by atoms with van der Waals surface area (Å²) in [6, 6.07) is 4.98. The van der Waals surface area contributed by atoms with Gasteiger partial charge >= 0.3 is 12.0 Å². The number of β-amino-alcohol motifs (C(OH)–C–C–N with tert-alkyl or cyclic N) is 1. The Morgan fingerprint density at radius 2 is 1.88 bits per heavy atom. The lowest BCUT2D eigenvalue weighted by Gasteiger charge is -2.33. The number of nitrogens with zero attached hydrogens (tertiary/aromatic N) is 5. The SMILES string of the molecule is Cc1ccc(C(C)C)c(OCC(O)CN2C(=[N+]3CCCC3)N=C3C2C(=O)N(C)C(=O)N3C)c1. The van der Waals surface area contributed by atoms with E-state index in [1.807, 2.05) is 17.9 Å². The molecule has 2 saturated heterocycles. The number of aliphatic hydroxyl groups is 1. The molecule has 0 spiro atoms. The third-order valence-corrected chi connectivity index (χ3v) is 6.53. The molecule has 33 heavy (non-hydrogen) atoms. The fourth-order valence-electron chi connectivity index (χ4n) is 4.65. The lowest BCUT2D eigenvalue weighted by molar-refractivity contribution is -0.511. The quantitative estimate of drug-likeness (QED) is 0.658. The second-order valence-electron chi connectivity index (χ2n) is 9.42. The normalized spacial score (nSPS) is 21.8. The molecule has 1 N–H and O–H groups in total. The molecule has 0 aliphatic carbocycles. The van der Waals surface area contributed by atoms with Crippen LogP contribution >= 0.6 is 0 Å². The van der Waals surface area contributed by atoms with Crippen LogP contribution in [-0.4, -0.2) is 101 Å². The summed E-state index contributed by atoms with van der Waals surface area (Å²) in [7, 11) is 3.11. The molecular weight excluding hydrogens is 422 g/mol. The lowest BCUT2D eigenvalue weighted by Crippen LogP contribution is -2.63. The van der Waals surface area contributed by atoms with Gasteiger partial charge in [-0.25, -0.2) is 9.69 Å². The van der Waals surface area contributed by atoms with E-state index in [0.29, 0.717) is 17.7 Å². The number of hydrogen-bond acceptors (Lipinski definition) is 4. The number of aryl methyl sites for hydroxylation is 1. The Balaban J connectivity index is 1.56. The van der Waals surface area contributed by atoms with E-state index in [2.05, 4.69) is 30.6 Å². The number of carbonyl (C=O) groups excluding carboxylic acids is 2. The number of benzene rings is 1. The molecule has 1 aromatic rings. The zero-order valence-electron chi connectivity index (χ0n) is 20.1. The first-order chi connectivity index (χ1) is 15.7. The van der Waals surface area contributed by atoms with Crippen LogP contribution in [0, 0.1) is 6.92 Å². The number of aliphatic imine (C=N–C) groups is 1. The third kappa shape index (κ3) is 4.34. The van der Waals surface area contributed by atoms with Crippen LogP contribution in [0.5, 0.6) is 5.75 Å². The number of guanidine groups is 1.